The maximum Gasteiger partial charge on any atom is 0.268 e. The summed E-state index contributed by atoms with van der Waals surface area (Å²) in [6, 6.07) is 24.6. The Morgan fingerprint density at radius 2 is 1.67 bits per heavy atom. The van der Waals surface area contributed by atoms with Crippen LogP contribution < -0.4 is 14.4 Å². The molecule has 9 heteroatoms. The van der Waals surface area contributed by atoms with E-state index in [-0.39, 0.29) is 10.5 Å². The number of ether oxygens (including phenoxy) is 1. The number of amides is 1. The number of sulfonamides is 1. The van der Waals surface area contributed by atoms with Crippen LogP contribution in [-0.4, -0.2) is 44.5 Å². The van der Waals surface area contributed by atoms with Gasteiger partial charge in [0.15, 0.2) is 0 Å². The zero-order valence-corrected chi connectivity index (χ0v) is 24.8. The lowest BCUT2D eigenvalue weighted by molar-refractivity contribution is 0.0979. The van der Waals surface area contributed by atoms with Crippen molar-refractivity contribution in [1.82, 2.24) is 14.7 Å². The van der Waals surface area contributed by atoms with Crippen LogP contribution in [0.5, 0.6) is 5.75 Å². The van der Waals surface area contributed by atoms with E-state index in [0.717, 1.165) is 49.2 Å². The van der Waals surface area contributed by atoms with E-state index >= 15 is 0 Å². The number of aromatic nitrogens is 2. The highest BCUT2D eigenvalue weighted by Crippen LogP contribution is 2.25. The van der Waals surface area contributed by atoms with Crippen molar-refractivity contribution in [2.75, 3.05) is 25.1 Å². The van der Waals surface area contributed by atoms with Crippen molar-refractivity contribution >= 4 is 21.9 Å². The molecule has 0 spiro atoms. The summed E-state index contributed by atoms with van der Waals surface area (Å²) in [6.45, 7) is 3.51. The van der Waals surface area contributed by atoms with Gasteiger partial charge in [0.05, 0.1) is 23.3 Å². The van der Waals surface area contributed by atoms with Crippen molar-refractivity contribution in [3.05, 3.63) is 113 Å². The third kappa shape index (κ3) is 7.33. The van der Waals surface area contributed by atoms with Crippen LogP contribution in [0, 0.1) is 12.8 Å². The Labute approximate surface area is 247 Å². The highest BCUT2D eigenvalue weighted by Gasteiger charge is 2.25. The fraction of sp³-hybridized carbons (Fsp3) is 0.303. The van der Waals surface area contributed by atoms with Gasteiger partial charge in [0.25, 0.3) is 15.9 Å². The van der Waals surface area contributed by atoms with E-state index in [1.165, 1.54) is 23.9 Å². The first-order chi connectivity index (χ1) is 20.3. The molecule has 0 unspecified atom stereocenters. The van der Waals surface area contributed by atoms with Crippen LogP contribution in [0.1, 0.15) is 45.6 Å². The summed E-state index contributed by atoms with van der Waals surface area (Å²) in [5, 5.41) is 0. The monoisotopic (exact) mass is 584 g/mol. The van der Waals surface area contributed by atoms with Gasteiger partial charge in [-0.05, 0) is 80.3 Å². The molecule has 218 valence electrons. The van der Waals surface area contributed by atoms with Gasteiger partial charge in [-0.25, -0.2) is 23.1 Å². The number of rotatable bonds is 10. The average molecular weight is 585 g/mol. The lowest BCUT2D eigenvalue weighted by Crippen LogP contribution is -2.36. The molecular formula is C33H36N4O4S. The Morgan fingerprint density at radius 1 is 0.952 bits per heavy atom. The van der Waals surface area contributed by atoms with Gasteiger partial charge < -0.3 is 9.64 Å². The summed E-state index contributed by atoms with van der Waals surface area (Å²) >= 11 is 0. The molecule has 2 heterocycles. The Balaban J connectivity index is 1.35. The van der Waals surface area contributed by atoms with Crippen molar-refractivity contribution < 1.29 is 17.9 Å². The number of anilines is 1. The summed E-state index contributed by atoms with van der Waals surface area (Å²) in [6.07, 6.45) is 5.58. The molecule has 4 aromatic rings. The van der Waals surface area contributed by atoms with E-state index in [0.29, 0.717) is 30.4 Å². The molecule has 1 aliphatic heterocycles. The van der Waals surface area contributed by atoms with Gasteiger partial charge in [0.1, 0.15) is 5.75 Å². The van der Waals surface area contributed by atoms with E-state index in [2.05, 4.69) is 38.9 Å². The van der Waals surface area contributed by atoms with Gasteiger partial charge in [-0.3, -0.25) is 4.79 Å². The van der Waals surface area contributed by atoms with E-state index in [4.69, 9.17) is 9.72 Å². The van der Waals surface area contributed by atoms with Crippen LogP contribution in [0.25, 0.3) is 0 Å². The van der Waals surface area contributed by atoms with E-state index in [1.54, 1.807) is 19.2 Å². The van der Waals surface area contributed by atoms with Crippen LogP contribution in [0.2, 0.25) is 0 Å². The second-order valence-corrected chi connectivity index (χ2v) is 12.4. The molecule has 1 saturated heterocycles. The molecule has 1 fully saturated rings. The van der Waals surface area contributed by atoms with Crippen LogP contribution in [0.4, 0.5) is 5.95 Å². The molecule has 0 aliphatic carbocycles. The summed E-state index contributed by atoms with van der Waals surface area (Å²) in [7, 11) is -2.44. The summed E-state index contributed by atoms with van der Waals surface area (Å²) in [5.74, 6) is 1.15. The Kier molecular flexibility index (Phi) is 9.17. The minimum absolute atomic E-state index is 0.0234. The van der Waals surface area contributed by atoms with Crippen LogP contribution in [0.3, 0.4) is 0 Å². The molecule has 3 aromatic carbocycles. The number of nitrogens with zero attached hydrogens (tertiary/aromatic N) is 3. The maximum atomic E-state index is 13.3. The third-order valence-electron chi connectivity index (χ3n) is 7.71. The largest absolute Gasteiger partial charge is 0.497 e. The molecule has 1 amide bonds. The topological polar surface area (TPSA) is 101 Å². The number of aryl methyl sites for hydroxylation is 3. The summed E-state index contributed by atoms with van der Waals surface area (Å²) in [4.78, 5) is 24.9. The Bertz CT molecular complexity index is 1620. The lowest BCUT2D eigenvalue weighted by Gasteiger charge is -2.32. The normalized spacial score (nSPS) is 14.0. The molecule has 5 rings (SSSR count). The second kappa shape index (κ2) is 13.2. The standard InChI is InChI=1S/C33H36N4O4S/c1-24-11-14-29(15-12-24)42(39,40)36-32(38)30-23-34-33(35-31(30)16-13-26-9-6-10-28(22-26)41-2)37-19-17-27(18-20-37)21-25-7-4-3-5-8-25/h3-12,14-15,22-23,27H,13,16-21H2,1-2H3,(H,36,38). The molecule has 1 N–H and O–H groups in total. The first-order valence-corrected chi connectivity index (χ1v) is 15.7. The third-order valence-corrected chi connectivity index (χ3v) is 9.05. The number of hydrogen-bond donors (Lipinski definition) is 1. The fourth-order valence-electron chi connectivity index (χ4n) is 5.27. The van der Waals surface area contributed by atoms with Gasteiger partial charge in [-0.15, -0.1) is 0 Å². The van der Waals surface area contributed by atoms with Crippen molar-refractivity contribution in [3.63, 3.8) is 0 Å². The van der Waals surface area contributed by atoms with Crippen LogP contribution >= 0.6 is 0 Å². The van der Waals surface area contributed by atoms with Gasteiger partial charge in [-0.2, -0.15) is 0 Å². The van der Waals surface area contributed by atoms with Gasteiger partial charge >= 0.3 is 0 Å². The number of hydrogen-bond acceptors (Lipinski definition) is 7. The Hall–Kier alpha value is -4.24. The summed E-state index contributed by atoms with van der Waals surface area (Å²) in [5.41, 5.74) is 3.95. The zero-order valence-electron chi connectivity index (χ0n) is 24.0. The van der Waals surface area contributed by atoms with Gasteiger partial charge in [0, 0.05) is 19.3 Å². The van der Waals surface area contributed by atoms with E-state index in [1.807, 2.05) is 37.3 Å². The second-order valence-electron chi connectivity index (χ2n) is 10.7. The number of piperidine rings is 1. The molecule has 0 saturated carbocycles. The first kappa shape index (κ1) is 29.3. The highest BCUT2D eigenvalue weighted by molar-refractivity contribution is 7.90. The molecule has 8 nitrogen and oxygen atoms in total. The van der Waals surface area contributed by atoms with Gasteiger partial charge in [0.2, 0.25) is 5.95 Å². The highest BCUT2D eigenvalue weighted by atomic mass is 32.2. The lowest BCUT2D eigenvalue weighted by atomic mass is 9.90. The molecular weight excluding hydrogens is 548 g/mol. The van der Waals surface area contributed by atoms with E-state index in [9.17, 15) is 13.2 Å². The molecule has 1 aromatic heterocycles. The number of carbonyl (C=O) groups is 1. The smallest absolute Gasteiger partial charge is 0.268 e. The SMILES string of the molecule is COc1cccc(CCc2nc(N3CCC(Cc4ccccc4)CC3)ncc2C(=O)NS(=O)(=O)c2ccc(C)cc2)c1. The number of nitrogens with one attached hydrogen (secondary N) is 1. The van der Waals surface area contributed by atoms with Crippen LogP contribution in [0.15, 0.2) is 90.0 Å². The van der Waals surface area contributed by atoms with Crippen molar-refractivity contribution in [3.8, 4) is 5.75 Å². The fourth-order valence-corrected chi connectivity index (χ4v) is 6.23. The average Bonchev–Trinajstić information content (AvgIpc) is 3.01. The first-order valence-electron chi connectivity index (χ1n) is 14.2. The quantitative estimate of drug-likeness (QED) is 0.275. The number of methoxy groups -OCH3 is 1. The zero-order chi connectivity index (χ0) is 29.5. The van der Waals surface area contributed by atoms with Gasteiger partial charge in [-0.1, -0.05) is 60.2 Å². The molecule has 0 radical (unpaired) electrons. The predicted octanol–water partition coefficient (Wildman–Crippen LogP) is 5.16. The maximum absolute atomic E-state index is 13.3. The van der Waals surface area contributed by atoms with E-state index < -0.39 is 15.9 Å². The number of carbonyl (C=O) groups excluding carboxylic acids is 1. The van der Waals surface area contributed by atoms with Crippen molar-refractivity contribution in [1.29, 1.82) is 0 Å². The molecule has 0 atom stereocenters. The predicted molar refractivity (Wildman–Crippen MR) is 163 cm³/mol. The Morgan fingerprint density at radius 3 is 2.38 bits per heavy atom. The molecule has 0 bridgehead atoms. The van der Waals surface area contributed by atoms with Crippen LogP contribution in [-0.2, 0) is 29.3 Å². The molecule has 42 heavy (non-hydrogen) atoms. The number of benzene rings is 3. The minimum Gasteiger partial charge on any atom is -0.497 e. The van der Waals surface area contributed by atoms with Crippen molar-refractivity contribution in [2.24, 2.45) is 5.92 Å². The molecule has 1 aliphatic rings. The van der Waals surface area contributed by atoms with Crippen molar-refractivity contribution in [2.45, 2.75) is 43.9 Å². The minimum atomic E-state index is -4.06. The summed E-state index contributed by atoms with van der Waals surface area (Å²) < 4.78 is 33.5.